The Balaban J connectivity index is 1.15. The zero-order valence-electron chi connectivity index (χ0n) is 17.7. The zero-order chi connectivity index (χ0) is 20.5. The van der Waals surface area contributed by atoms with Crippen LogP contribution in [0, 0.1) is 5.92 Å². The minimum Gasteiger partial charge on any atom is -0.486 e. The summed E-state index contributed by atoms with van der Waals surface area (Å²) < 4.78 is 11.2. The maximum absolute atomic E-state index is 13.0. The third kappa shape index (κ3) is 4.20. The Hall–Kier alpha value is -2.08. The summed E-state index contributed by atoms with van der Waals surface area (Å²) in [5.41, 5.74) is 0.704. The molecule has 0 aromatic heterocycles. The van der Waals surface area contributed by atoms with Gasteiger partial charge in [0.05, 0.1) is 6.54 Å². The maximum Gasteiger partial charge on any atom is 0.237 e. The van der Waals surface area contributed by atoms with E-state index in [0.29, 0.717) is 54.8 Å². The molecule has 0 N–H and O–H groups in total. The Labute approximate surface area is 178 Å². The summed E-state index contributed by atoms with van der Waals surface area (Å²) in [5, 5.41) is 0. The first-order valence-corrected chi connectivity index (χ1v) is 11.7. The smallest absolute Gasteiger partial charge is 0.237 e. The van der Waals surface area contributed by atoms with Crippen molar-refractivity contribution in [3.63, 3.8) is 0 Å². The number of hydrogen-bond acceptors (Lipinski definition) is 5. The third-order valence-corrected chi connectivity index (χ3v) is 7.09. The molecule has 2 aliphatic carbocycles. The van der Waals surface area contributed by atoms with Gasteiger partial charge in [0.25, 0.3) is 0 Å². The molecule has 4 aliphatic rings. The number of benzene rings is 1. The molecule has 6 nitrogen and oxygen atoms in total. The fourth-order valence-corrected chi connectivity index (χ4v) is 5.30. The summed E-state index contributed by atoms with van der Waals surface area (Å²) in [6.45, 7) is 3.22. The first-order chi connectivity index (χ1) is 14.7. The number of carbonyl (C=O) groups is 2. The van der Waals surface area contributed by atoms with Gasteiger partial charge in [0, 0.05) is 23.6 Å². The molecule has 0 atom stereocenters. The molecule has 1 aromatic carbocycles. The number of likely N-dealkylation sites (tertiary alicyclic amines) is 1. The van der Waals surface area contributed by atoms with Crippen LogP contribution in [0.2, 0.25) is 0 Å². The lowest BCUT2D eigenvalue weighted by atomic mass is 9.88. The molecule has 3 fully saturated rings. The highest BCUT2D eigenvalue weighted by Crippen LogP contribution is 2.35. The van der Waals surface area contributed by atoms with Crippen LogP contribution in [0.15, 0.2) is 18.2 Å². The monoisotopic (exact) mass is 412 g/mol. The summed E-state index contributed by atoms with van der Waals surface area (Å²) in [4.78, 5) is 30.5. The van der Waals surface area contributed by atoms with Crippen LogP contribution in [0.3, 0.4) is 0 Å². The van der Waals surface area contributed by atoms with Gasteiger partial charge < -0.3 is 14.4 Å². The van der Waals surface area contributed by atoms with Crippen LogP contribution in [0.1, 0.15) is 61.7 Å². The molecule has 1 amide bonds. The van der Waals surface area contributed by atoms with E-state index >= 15 is 0 Å². The van der Waals surface area contributed by atoms with Gasteiger partial charge in [-0.05, 0) is 69.8 Å². The van der Waals surface area contributed by atoms with Crippen LogP contribution in [-0.2, 0) is 4.79 Å². The van der Waals surface area contributed by atoms with E-state index in [1.54, 1.807) is 0 Å². The van der Waals surface area contributed by atoms with E-state index in [1.807, 2.05) is 18.2 Å². The molecule has 0 unspecified atom stereocenters. The van der Waals surface area contributed by atoms with Crippen LogP contribution in [0.5, 0.6) is 11.5 Å². The maximum atomic E-state index is 13.0. The number of amides is 1. The van der Waals surface area contributed by atoms with Crippen molar-refractivity contribution in [2.45, 2.75) is 63.5 Å². The minimum atomic E-state index is 0.0216. The zero-order valence-corrected chi connectivity index (χ0v) is 17.7. The van der Waals surface area contributed by atoms with Gasteiger partial charge >= 0.3 is 0 Å². The number of ether oxygens (including phenoxy) is 2. The average molecular weight is 413 g/mol. The lowest BCUT2D eigenvalue weighted by molar-refractivity contribution is -0.135. The largest absolute Gasteiger partial charge is 0.486 e. The summed E-state index contributed by atoms with van der Waals surface area (Å²) in [7, 11) is 0. The third-order valence-electron chi connectivity index (χ3n) is 7.09. The molecule has 1 aromatic rings. The molecule has 1 saturated heterocycles. The Morgan fingerprint density at radius 1 is 0.900 bits per heavy atom. The Morgan fingerprint density at radius 3 is 2.27 bits per heavy atom. The number of nitrogens with zero attached hydrogens (tertiary/aromatic N) is 2. The number of Topliss-reactive ketones (excluding diaryl/α,β-unsaturated/α-hetero) is 1. The molecule has 5 rings (SSSR count). The lowest BCUT2D eigenvalue weighted by Gasteiger charge is -2.35. The van der Waals surface area contributed by atoms with Gasteiger partial charge in [0.15, 0.2) is 17.3 Å². The van der Waals surface area contributed by atoms with Crippen molar-refractivity contribution in [2.75, 3.05) is 32.8 Å². The summed E-state index contributed by atoms with van der Waals surface area (Å²) in [6, 6.07) is 6.47. The van der Waals surface area contributed by atoms with E-state index in [2.05, 4.69) is 9.80 Å². The van der Waals surface area contributed by atoms with Gasteiger partial charge in [0.2, 0.25) is 5.91 Å². The molecule has 2 heterocycles. The van der Waals surface area contributed by atoms with Gasteiger partial charge in [-0.15, -0.1) is 0 Å². The van der Waals surface area contributed by atoms with Crippen LogP contribution in [0.4, 0.5) is 0 Å². The minimum absolute atomic E-state index is 0.0216. The van der Waals surface area contributed by atoms with Gasteiger partial charge in [-0.2, -0.15) is 0 Å². The highest BCUT2D eigenvalue weighted by molar-refractivity contribution is 5.98. The van der Waals surface area contributed by atoms with Crippen molar-refractivity contribution < 1.29 is 19.1 Å². The van der Waals surface area contributed by atoms with E-state index in [0.717, 1.165) is 25.9 Å². The van der Waals surface area contributed by atoms with E-state index in [4.69, 9.17) is 9.47 Å². The van der Waals surface area contributed by atoms with E-state index in [-0.39, 0.29) is 11.7 Å². The number of ketones is 1. The first kappa shape index (κ1) is 19.9. The second-order valence-electron chi connectivity index (χ2n) is 9.24. The van der Waals surface area contributed by atoms with E-state index < -0.39 is 0 Å². The SMILES string of the molecule is O=C(c1ccc2c(c1)OCCO2)C1CCN(CC(=O)N(C2CCCC2)C2CC2)CC1. The Bertz CT molecular complexity index is 792. The fourth-order valence-electron chi connectivity index (χ4n) is 5.30. The second-order valence-corrected chi connectivity index (χ2v) is 9.24. The first-order valence-electron chi connectivity index (χ1n) is 11.7. The number of hydrogen-bond donors (Lipinski definition) is 0. The fraction of sp³-hybridized carbons (Fsp3) is 0.667. The summed E-state index contributed by atoms with van der Waals surface area (Å²) in [6.07, 6.45) is 8.84. The van der Waals surface area contributed by atoms with Crippen LogP contribution < -0.4 is 9.47 Å². The number of rotatable bonds is 6. The van der Waals surface area contributed by atoms with Gasteiger partial charge in [-0.25, -0.2) is 0 Å². The van der Waals surface area contributed by atoms with Gasteiger partial charge in [0.1, 0.15) is 13.2 Å². The molecule has 0 bridgehead atoms. The summed E-state index contributed by atoms with van der Waals surface area (Å²) >= 11 is 0. The van der Waals surface area contributed by atoms with Gasteiger partial charge in [-0.3, -0.25) is 14.5 Å². The predicted octanol–water partition coefficient (Wildman–Crippen LogP) is 3.29. The van der Waals surface area contributed by atoms with Gasteiger partial charge in [-0.1, -0.05) is 12.8 Å². The lowest BCUT2D eigenvalue weighted by Crippen LogP contribution is -2.48. The van der Waals surface area contributed by atoms with Crippen LogP contribution >= 0.6 is 0 Å². The molecule has 6 heteroatoms. The number of piperidine rings is 1. The molecule has 30 heavy (non-hydrogen) atoms. The van der Waals surface area contributed by atoms with E-state index in [1.165, 1.54) is 38.5 Å². The Morgan fingerprint density at radius 2 is 1.57 bits per heavy atom. The molecule has 162 valence electrons. The normalized spacial score (nSPS) is 22.8. The Kier molecular flexibility index (Phi) is 5.68. The molecular formula is C24H32N2O4. The number of carbonyl (C=O) groups excluding carboxylic acids is 2. The topological polar surface area (TPSA) is 59.1 Å². The van der Waals surface area contributed by atoms with Crippen LogP contribution in [-0.4, -0.2) is 66.4 Å². The van der Waals surface area contributed by atoms with Crippen molar-refractivity contribution in [1.29, 1.82) is 0 Å². The summed E-state index contributed by atoms with van der Waals surface area (Å²) in [5.74, 6) is 1.90. The second kappa shape index (κ2) is 8.58. The van der Waals surface area contributed by atoms with Crippen molar-refractivity contribution in [2.24, 2.45) is 5.92 Å². The van der Waals surface area contributed by atoms with Crippen molar-refractivity contribution in [1.82, 2.24) is 9.80 Å². The molecule has 2 saturated carbocycles. The molecular weight excluding hydrogens is 380 g/mol. The van der Waals surface area contributed by atoms with Crippen molar-refractivity contribution in [3.05, 3.63) is 23.8 Å². The van der Waals surface area contributed by atoms with Crippen molar-refractivity contribution in [3.8, 4) is 11.5 Å². The highest BCUT2D eigenvalue weighted by atomic mass is 16.6. The van der Waals surface area contributed by atoms with Crippen molar-refractivity contribution >= 4 is 11.7 Å². The number of fused-ring (bicyclic) bond motifs is 1. The highest BCUT2D eigenvalue weighted by Gasteiger charge is 2.39. The average Bonchev–Trinajstić information content (AvgIpc) is 3.46. The molecule has 2 aliphatic heterocycles. The molecule has 0 radical (unpaired) electrons. The van der Waals surface area contributed by atoms with E-state index in [9.17, 15) is 9.59 Å². The molecule has 0 spiro atoms. The van der Waals surface area contributed by atoms with Crippen LogP contribution in [0.25, 0.3) is 0 Å². The predicted molar refractivity (Wildman–Crippen MR) is 113 cm³/mol. The standard InChI is InChI=1S/C24H32N2O4/c27-23(26(20-6-7-20)19-3-1-2-4-19)16-25-11-9-17(10-12-25)24(28)18-5-8-21-22(15-18)30-14-13-29-21/h5,8,15,17,19-20H,1-4,6-7,9-14,16H2. The quantitative estimate of drug-likeness (QED) is 0.671.